The molecule has 4 N–H and O–H groups in total. The van der Waals surface area contributed by atoms with Crippen molar-refractivity contribution in [3.05, 3.63) is 163 Å². The average molecular weight is 985 g/mol. The fourth-order valence-corrected chi connectivity index (χ4v) is 7.94. The van der Waals surface area contributed by atoms with Crippen molar-refractivity contribution in [3.8, 4) is 46.3 Å². The van der Waals surface area contributed by atoms with E-state index in [1.54, 1.807) is 62.3 Å². The van der Waals surface area contributed by atoms with Gasteiger partial charge in [-0.05, 0) is 84.0 Å². The molecule has 0 unspecified atom stereocenters. The molecule has 0 saturated heterocycles. The van der Waals surface area contributed by atoms with Crippen LogP contribution in [0.15, 0.2) is 103 Å². The third-order valence-electron chi connectivity index (χ3n) is 11.3. The Balaban J connectivity index is 1.21. The fourth-order valence-electron chi connectivity index (χ4n) is 7.46. The zero-order valence-corrected chi connectivity index (χ0v) is 40.5. The Kier molecular flexibility index (Phi) is 18.7. The molecule has 2 atom stereocenters. The molecule has 17 heteroatoms. The highest BCUT2D eigenvalue weighted by atomic mass is 35.5. The number of nitrogens with one attached hydrogen (secondary N) is 2. The normalized spacial score (nSPS) is 11.9. The molecular weight excluding hydrogens is 934 g/mol. The Hall–Kier alpha value is -7.53. The molecule has 0 spiro atoms. The molecule has 0 aliphatic rings. The van der Waals surface area contributed by atoms with E-state index in [-0.39, 0.29) is 57.4 Å². The first-order valence-corrected chi connectivity index (χ1v) is 22.8. The van der Waals surface area contributed by atoms with Gasteiger partial charge >= 0.3 is 11.9 Å². The molecule has 15 nitrogen and oxygen atoms in total. The summed E-state index contributed by atoms with van der Waals surface area (Å²) < 4.78 is 25.3. The number of pyridine rings is 2. The molecule has 2 heterocycles. The lowest BCUT2D eigenvalue weighted by molar-refractivity contribution is -0.140. The summed E-state index contributed by atoms with van der Waals surface area (Å²) in [6.45, 7) is 6.76. The highest BCUT2D eigenvalue weighted by Crippen LogP contribution is 2.37. The van der Waals surface area contributed by atoms with Gasteiger partial charge < -0.3 is 29.2 Å². The molecule has 360 valence electrons. The van der Waals surface area contributed by atoms with Gasteiger partial charge in [-0.1, -0.05) is 59.6 Å². The molecule has 0 amide bonds. The van der Waals surface area contributed by atoms with E-state index in [9.17, 15) is 25.1 Å². The number of carboxylic acid groups (broad SMARTS) is 2. The minimum absolute atomic E-state index is 0.0555. The molecule has 2 aromatic heterocycles. The molecule has 4 aromatic carbocycles. The summed E-state index contributed by atoms with van der Waals surface area (Å²) >= 11 is 13.6. The van der Waals surface area contributed by atoms with Gasteiger partial charge in [0.2, 0.25) is 0 Å². The quantitative estimate of drug-likeness (QED) is 0.0415. The van der Waals surface area contributed by atoms with E-state index in [1.807, 2.05) is 81.4 Å². The molecule has 70 heavy (non-hydrogen) atoms. The van der Waals surface area contributed by atoms with E-state index < -0.39 is 24.0 Å². The topological polar surface area (TPSA) is 221 Å². The molecule has 0 radical (unpaired) electrons. The first-order valence-electron chi connectivity index (χ1n) is 22.0. The van der Waals surface area contributed by atoms with Crippen molar-refractivity contribution >= 4 is 41.4 Å². The Labute approximate surface area is 416 Å². The molecule has 0 aliphatic carbocycles. The number of rotatable bonds is 24. The average Bonchev–Trinajstić information content (AvgIpc) is 3.33. The second kappa shape index (κ2) is 25.2. The number of ether oxygens (including phenoxy) is 4. The highest BCUT2D eigenvalue weighted by Gasteiger charge is 2.21. The summed E-state index contributed by atoms with van der Waals surface area (Å²) in [6.07, 6.45) is 8.06. The number of aromatic nitrogens is 2. The number of benzene rings is 4. The van der Waals surface area contributed by atoms with E-state index >= 15 is 0 Å². The lowest BCUT2D eigenvalue weighted by Gasteiger charge is -2.19. The summed E-state index contributed by atoms with van der Waals surface area (Å²) in [4.78, 5) is 36.2. The smallest absolute Gasteiger partial charge is 0.321 e. The summed E-state index contributed by atoms with van der Waals surface area (Å²) in [5.41, 5.74) is 10.3. The highest BCUT2D eigenvalue weighted by molar-refractivity contribution is 6.32. The van der Waals surface area contributed by atoms with Gasteiger partial charge in [0, 0.05) is 91.1 Å². The van der Waals surface area contributed by atoms with Crippen LogP contribution in [0.5, 0.6) is 23.0 Å². The van der Waals surface area contributed by atoms with Crippen molar-refractivity contribution in [1.29, 1.82) is 10.5 Å². The first-order chi connectivity index (χ1) is 33.8. The van der Waals surface area contributed by atoms with Gasteiger partial charge in [-0.3, -0.25) is 35.2 Å². The van der Waals surface area contributed by atoms with Crippen LogP contribution in [0.1, 0.15) is 68.5 Å². The van der Waals surface area contributed by atoms with Crippen molar-refractivity contribution in [1.82, 2.24) is 20.6 Å². The van der Waals surface area contributed by atoms with Crippen LogP contribution in [0.2, 0.25) is 10.0 Å². The second-order valence-electron chi connectivity index (χ2n) is 16.3. The van der Waals surface area contributed by atoms with E-state index in [0.29, 0.717) is 39.1 Å². The van der Waals surface area contributed by atoms with Crippen LogP contribution < -0.4 is 29.6 Å². The minimum atomic E-state index is -1.15. The van der Waals surface area contributed by atoms with Crippen LogP contribution in [0.4, 0.5) is 0 Å². The van der Waals surface area contributed by atoms with Crippen molar-refractivity contribution in [2.45, 2.75) is 85.2 Å². The molecule has 6 rings (SSSR count). The Morgan fingerprint density at radius 1 is 0.643 bits per heavy atom. The van der Waals surface area contributed by atoms with Crippen LogP contribution in [0.25, 0.3) is 11.1 Å². The number of halogens is 2. The Bertz CT molecular complexity index is 2950. The number of carbonyl (C=O) groups is 2. The minimum Gasteiger partial charge on any atom is -0.488 e. The van der Waals surface area contributed by atoms with E-state index in [0.717, 1.165) is 55.6 Å². The van der Waals surface area contributed by atoms with Crippen LogP contribution >= 0.6 is 23.2 Å². The van der Waals surface area contributed by atoms with Crippen molar-refractivity contribution < 1.29 is 38.7 Å². The van der Waals surface area contributed by atoms with Crippen LogP contribution in [0, 0.1) is 43.4 Å². The molecule has 0 fully saturated rings. The van der Waals surface area contributed by atoms with Gasteiger partial charge in [-0.25, -0.2) is 0 Å². The van der Waals surface area contributed by atoms with Gasteiger partial charge in [0.15, 0.2) is 0 Å². The third-order valence-corrected chi connectivity index (χ3v) is 11.8. The largest absolute Gasteiger partial charge is 0.488 e. The molecular formula is C53H51Cl2N7O8. The SMILES string of the molecule is C/N=C/c1cncc(COc2cc(OCc3cccc(-c4cccc(COc5cc(OCc6cncc(C)c6)c(CN[C@@H](CC#N)C(=O)O)cc5Cl)c4C)c3C)c(Cl)cc2CN[C@@H](CC#N)C(=O)O)c1. The maximum absolute atomic E-state index is 11.8. The summed E-state index contributed by atoms with van der Waals surface area (Å²) in [5.74, 6) is -0.749. The Morgan fingerprint density at radius 2 is 1.10 bits per heavy atom. The van der Waals surface area contributed by atoms with E-state index in [1.165, 1.54) is 0 Å². The van der Waals surface area contributed by atoms with E-state index in [4.69, 9.17) is 47.4 Å². The van der Waals surface area contributed by atoms with Gasteiger partial charge in [0.25, 0.3) is 0 Å². The van der Waals surface area contributed by atoms with Gasteiger partial charge in [0.1, 0.15) is 61.5 Å². The number of hydrogen-bond acceptors (Lipinski definition) is 13. The van der Waals surface area contributed by atoms with Crippen LogP contribution in [0.3, 0.4) is 0 Å². The number of nitrogens with zero attached hydrogens (tertiary/aromatic N) is 5. The number of carboxylic acids is 2. The monoisotopic (exact) mass is 983 g/mol. The zero-order valence-electron chi connectivity index (χ0n) is 39.0. The molecule has 0 bridgehead atoms. The van der Waals surface area contributed by atoms with Crippen LogP contribution in [-0.2, 0) is 49.1 Å². The van der Waals surface area contributed by atoms with Gasteiger partial charge in [0.05, 0.1) is 35.0 Å². The maximum atomic E-state index is 11.8. The zero-order chi connectivity index (χ0) is 50.2. The maximum Gasteiger partial charge on any atom is 0.321 e. The number of aryl methyl sites for hydroxylation is 1. The Morgan fingerprint density at radius 3 is 1.54 bits per heavy atom. The lowest BCUT2D eigenvalue weighted by atomic mass is 9.92. The van der Waals surface area contributed by atoms with E-state index in [2.05, 4.69) is 25.6 Å². The number of hydrogen-bond donors (Lipinski definition) is 4. The fraction of sp³-hybridized carbons (Fsp3) is 0.264. The number of aliphatic carboxylic acids is 2. The number of nitriles is 2. The second-order valence-corrected chi connectivity index (χ2v) is 17.1. The standard InChI is InChI=1S/C53H51Cl2N7O8/c1-32-15-36(24-59-21-32)28-67-48-19-50(44(54)17-40(48)26-61-46(11-13-56)52(63)64)69-30-38-7-5-9-42(33(38)2)43-10-6-8-39(34(43)3)31-70-51-20-49(68-29-37-16-35(22-58-4)23-60-25-37)41(18-45(51)55)27-62-47(12-14-57)53(65)66/h5-10,15-25,46-47,61-62H,11-12,26-31H2,1-4H3,(H,63,64)(H,65,66)/b58-22+/t46-,47-/m0/s1. The predicted octanol–water partition coefficient (Wildman–Crippen LogP) is 9.65. The van der Waals surface area contributed by atoms with Gasteiger partial charge in [-0.2, -0.15) is 10.5 Å². The predicted molar refractivity (Wildman–Crippen MR) is 265 cm³/mol. The number of aliphatic imine (C=N–C) groups is 1. The molecule has 0 aliphatic heterocycles. The van der Waals surface area contributed by atoms with Crippen molar-refractivity contribution in [2.24, 2.45) is 4.99 Å². The summed E-state index contributed by atoms with van der Waals surface area (Å²) in [6, 6.07) is 24.1. The lowest BCUT2D eigenvalue weighted by Crippen LogP contribution is -2.35. The van der Waals surface area contributed by atoms with Crippen molar-refractivity contribution in [3.63, 3.8) is 0 Å². The summed E-state index contributed by atoms with van der Waals surface area (Å²) in [7, 11) is 1.67. The van der Waals surface area contributed by atoms with Crippen LogP contribution in [-0.4, -0.2) is 57.5 Å². The first kappa shape index (κ1) is 51.9. The molecule has 0 saturated carbocycles. The van der Waals surface area contributed by atoms with Crippen molar-refractivity contribution in [2.75, 3.05) is 7.05 Å². The molecule has 6 aromatic rings. The third kappa shape index (κ3) is 14.0. The summed E-state index contributed by atoms with van der Waals surface area (Å²) in [5, 5.41) is 44.0. The van der Waals surface area contributed by atoms with Gasteiger partial charge in [-0.15, -0.1) is 0 Å².